The van der Waals surface area contributed by atoms with E-state index in [0.29, 0.717) is 5.56 Å². The number of ether oxygens (including phenoxy) is 1. The second-order valence-electron chi connectivity index (χ2n) is 5.29. The van der Waals surface area contributed by atoms with Crippen LogP contribution in [0.4, 0.5) is 13.2 Å². The van der Waals surface area contributed by atoms with Gasteiger partial charge in [-0.3, -0.25) is 0 Å². The lowest BCUT2D eigenvalue weighted by Gasteiger charge is -2.20. The van der Waals surface area contributed by atoms with Crippen LogP contribution in [0, 0.1) is 0 Å². The summed E-state index contributed by atoms with van der Waals surface area (Å²) in [6, 6.07) is 4.33. The third-order valence-corrected chi connectivity index (χ3v) is 4.54. The van der Waals surface area contributed by atoms with Crippen molar-refractivity contribution >= 4 is 15.9 Å². The SMILES string of the molecule is CNC(CCC1CCCO1)c1ccc(Br)c(C(F)(F)F)c1. The van der Waals surface area contributed by atoms with E-state index in [1.165, 1.54) is 12.1 Å². The largest absolute Gasteiger partial charge is 0.417 e. The smallest absolute Gasteiger partial charge is 0.378 e. The molecule has 6 heteroatoms. The van der Waals surface area contributed by atoms with E-state index in [0.717, 1.165) is 32.3 Å². The Balaban J connectivity index is 2.10. The zero-order chi connectivity index (χ0) is 15.5. The zero-order valence-corrected chi connectivity index (χ0v) is 13.4. The second-order valence-corrected chi connectivity index (χ2v) is 6.15. The van der Waals surface area contributed by atoms with E-state index in [1.807, 2.05) is 0 Å². The van der Waals surface area contributed by atoms with Crippen LogP contribution in [0.2, 0.25) is 0 Å². The molecule has 2 unspecified atom stereocenters. The lowest BCUT2D eigenvalue weighted by molar-refractivity contribution is -0.138. The summed E-state index contributed by atoms with van der Waals surface area (Å²) in [5.74, 6) is 0. The van der Waals surface area contributed by atoms with Crippen LogP contribution in [0.1, 0.15) is 42.9 Å². The molecule has 0 spiro atoms. The van der Waals surface area contributed by atoms with Crippen molar-refractivity contribution in [1.29, 1.82) is 0 Å². The summed E-state index contributed by atoms with van der Waals surface area (Å²) in [5.41, 5.74) is 0.0309. The van der Waals surface area contributed by atoms with Crippen LogP contribution in [0.15, 0.2) is 22.7 Å². The van der Waals surface area contributed by atoms with Gasteiger partial charge in [0, 0.05) is 17.1 Å². The van der Waals surface area contributed by atoms with Gasteiger partial charge in [0.1, 0.15) is 0 Å². The Hall–Kier alpha value is -0.590. The van der Waals surface area contributed by atoms with Crippen LogP contribution in [0.25, 0.3) is 0 Å². The highest BCUT2D eigenvalue weighted by molar-refractivity contribution is 9.10. The van der Waals surface area contributed by atoms with Crippen LogP contribution in [-0.4, -0.2) is 19.8 Å². The predicted molar refractivity (Wildman–Crippen MR) is 79.2 cm³/mol. The molecule has 0 radical (unpaired) electrons. The molecule has 2 nitrogen and oxygen atoms in total. The van der Waals surface area contributed by atoms with Crippen LogP contribution in [-0.2, 0) is 10.9 Å². The molecule has 0 bridgehead atoms. The molecule has 118 valence electrons. The molecular weight excluding hydrogens is 347 g/mol. The fraction of sp³-hybridized carbons (Fsp3) is 0.600. The summed E-state index contributed by atoms with van der Waals surface area (Å²) in [7, 11) is 1.77. The van der Waals surface area contributed by atoms with Gasteiger partial charge in [-0.15, -0.1) is 0 Å². The molecule has 0 aromatic heterocycles. The van der Waals surface area contributed by atoms with E-state index >= 15 is 0 Å². The standard InChI is InChI=1S/C15H19BrF3NO/c1-20-14(7-5-11-3-2-8-21-11)10-4-6-13(16)12(9-10)15(17,18)19/h4,6,9,11,14,20H,2-3,5,7-8H2,1H3. The van der Waals surface area contributed by atoms with Gasteiger partial charge in [-0.25, -0.2) is 0 Å². The first-order chi connectivity index (χ1) is 9.91. The third-order valence-electron chi connectivity index (χ3n) is 3.85. The Bertz CT molecular complexity index is 472. The van der Waals surface area contributed by atoms with Crippen LogP contribution in [0.5, 0.6) is 0 Å². The third kappa shape index (κ3) is 4.44. The Morgan fingerprint density at radius 2 is 2.19 bits per heavy atom. The van der Waals surface area contributed by atoms with Crippen molar-refractivity contribution in [1.82, 2.24) is 5.32 Å². The van der Waals surface area contributed by atoms with Crippen LogP contribution < -0.4 is 5.32 Å². The number of halogens is 4. The fourth-order valence-electron chi connectivity index (χ4n) is 2.68. The minimum absolute atomic E-state index is 0.0766. The van der Waals surface area contributed by atoms with Gasteiger partial charge in [0.2, 0.25) is 0 Å². The van der Waals surface area contributed by atoms with E-state index in [2.05, 4.69) is 21.2 Å². The summed E-state index contributed by atoms with van der Waals surface area (Å²) in [5, 5.41) is 3.10. The van der Waals surface area contributed by atoms with Gasteiger partial charge in [-0.1, -0.05) is 22.0 Å². The predicted octanol–water partition coefficient (Wildman–Crippen LogP) is 4.69. The minimum Gasteiger partial charge on any atom is -0.378 e. The molecule has 0 amide bonds. The van der Waals surface area contributed by atoms with Gasteiger partial charge in [0.25, 0.3) is 0 Å². The summed E-state index contributed by atoms with van der Waals surface area (Å²) in [6.45, 7) is 0.797. The van der Waals surface area contributed by atoms with Crippen molar-refractivity contribution in [3.8, 4) is 0 Å². The minimum atomic E-state index is -4.35. The molecule has 1 fully saturated rings. The van der Waals surface area contributed by atoms with Crippen LogP contribution >= 0.6 is 15.9 Å². The molecule has 0 saturated carbocycles. The van der Waals surface area contributed by atoms with Crippen molar-refractivity contribution in [3.63, 3.8) is 0 Å². The first kappa shape index (κ1) is 16.8. The van der Waals surface area contributed by atoms with E-state index in [-0.39, 0.29) is 16.6 Å². The lowest BCUT2D eigenvalue weighted by atomic mass is 9.97. The molecule has 0 aliphatic carbocycles. The lowest BCUT2D eigenvalue weighted by Crippen LogP contribution is -2.19. The van der Waals surface area contributed by atoms with Gasteiger partial charge in [-0.2, -0.15) is 13.2 Å². The van der Waals surface area contributed by atoms with Crippen molar-refractivity contribution in [3.05, 3.63) is 33.8 Å². The number of hydrogen-bond acceptors (Lipinski definition) is 2. The number of nitrogens with one attached hydrogen (secondary N) is 1. The van der Waals surface area contributed by atoms with Gasteiger partial charge < -0.3 is 10.1 Å². The molecule has 1 aliphatic heterocycles. The quantitative estimate of drug-likeness (QED) is 0.817. The van der Waals surface area contributed by atoms with Gasteiger partial charge in [-0.05, 0) is 50.4 Å². The average molecular weight is 366 g/mol. The molecular formula is C15H19BrF3NO. The highest BCUT2D eigenvalue weighted by Gasteiger charge is 2.33. The monoisotopic (exact) mass is 365 g/mol. The number of hydrogen-bond donors (Lipinski definition) is 1. The van der Waals surface area contributed by atoms with E-state index in [4.69, 9.17) is 4.74 Å². The average Bonchev–Trinajstić information content (AvgIpc) is 2.93. The Labute approximate surface area is 131 Å². The highest BCUT2D eigenvalue weighted by Crippen LogP contribution is 2.37. The fourth-order valence-corrected chi connectivity index (χ4v) is 3.15. The maximum atomic E-state index is 13.0. The van der Waals surface area contributed by atoms with Crippen molar-refractivity contribution < 1.29 is 17.9 Å². The van der Waals surface area contributed by atoms with Gasteiger partial charge >= 0.3 is 6.18 Å². The summed E-state index contributed by atoms with van der Waals surface area (Å²) in [4.78, 5) is 0. The molecule has 1 aliphatic rings. The van der Waals surface area contributed by atoms with E-state index in [1.54, 1.807) is 13.1 Å². The second kappa shape index (κ2) is 7.11. The molecule has 2 atom stereocenters. The summed E-state index contributed by atoms with van der Waals surface area (Å²) < 4.78 is 44.5. The van der Waals surface area contributed by atoms with E-state index < -0.39 is 11.7 Å². The van der Waals surface area contributed by atoms with Crippen molar-refractivity contribution in [2.45, 2.75) is 44.0 Å². The number of rotatable bonds is 5. The molecule has 1 aromatic rings. The molecule has 2 rings (SSSR count). The molecule has 1 heterocycles. The highest BCUT2D eigenvalue weighted by atomic mass is 79.9. The van der Waals surface area contributed by atoms with Crippen molar-refractivity contribution in [2.75, 3.05) is 13.7 Å². The molecule has 1 N–H and O–H groups in total. The Morgan fingerprint density at radius 1 is 1.43 bits per heavy atom. The summed E-state index contributed by atoms with van der Waals surface area (Å²) in [6.07, 6.45) is -0.348. The maximum absolute atomic E-state index is 13.0. The topological polar surface area (TPSA) is 21.3 Å². The van der Waals surface area contributed by atoms with E-state index in [9.17, 15) is 13.2 Å². The Kier molecular flexibility index (Phi) is 5.68. The van der Waals surface area contributed by atoms with Gasteiger partial charge in [0.05, 0.1) is 11.7 Å². The molecule has 1 aromatic carbocycles. The first-order valence-corrected chi connectivity index (χ1v) is 7.86. The van der Waals surface area contributed by atoms with Crippen molar-refractivity contribution in [2.24, 2.45) is 0 Å². The Morgan fingerprint density at radius 3 is 2.76 bits per heavy atom. The zero-order valence-electron chi connectivity index (χ0n) is 11.8. The summed E-state index contributed by atoms with van der Waals surface area (Å²) >= 11 is 2.97. The molecule has 1 saturated heterocycles. The molecule has 21 heavy (non-hydrogen) atoms. The number of benzene rings is 1. The number of alkyl halides is 3. The first-order valence-electron chi connectivity index (χ1n) is 7.07. The van der Waals surface area contributed by atoms with Gasteiger partial charge in [0.15, 0.2) is 0 Å². The van der Waals surface area contributed by atoms with Crippen LogP contribution in [0.3, 0.4) is 0 Å². The maximum Gasteiger partial charge on any atom is 0.417 e. The normalized spacial score (nSPS) is 20.7.